The van der Waals surface area contributed by atoms with Crippen LogP contribution in [0, 0.1) is 6.92 Å². The fourth-order valence-electron chi connectivity index (χ4n) is 3.62. The van der Waals surface area contributed by atoms with Crippen LogP contribution in [0.5, 0.6) is 5.88 Å². The standard InChI is InChI=1S/C24H17ClN4O5S/c1-14-22(23(28-34-14)18-8-4-5-9-19(18)25)24(30)33-21-13-20(26)29(27-21)35(31,32)17-11-10-15-6-2-3-7-16(15)12-17/h2-13H,26H2,1H3. The lowest BCUT2D eigenvalue weighted by Crippen LogP contribution is -2.17. The van der Waals surface area contributed by atoms with Crippen LogP contribution in [0.1, 0.15) is 16.1 Å². The number of hydrogen-bond donors (Lipinski definition) is 1. The van der Waals surface area contributed by atoms with E-state index in [0.717, 1.165) is 16.8 Å². The van der Waals surface area contributed by atoms with Crippen molar-refractivity contribution in [2.75, 3.05) is 5.73 Å². The number of hydrogen-bond acceptors (Lipinski definition) is 8. The van der Waals surface area contributed by atoms with Crippen LogP contribution >= 0.6 is 11.6 Å². The largest absolute Gasteiger partial charge is 0.402 e. The molecule has 0 bridgehead atoms. The molecule has 2 aromatic heterocycles. The number of carbonyl (C=O) groups is 1. The minimum absolute atomic E-state index is 0.0141. The van der Waals surface area contributed by atoms with Crippen LogP contribution in [-0.2, 0) is 10.0 Å². The zero-order valence-electron chi connectivity index (χ0n) is 18.2. The van der Waals surface area contributed by atoms with Crippen LogP contribution < -0.4 is 10.5 Å². The van der Waals surface area contributed by atoms with Crippen molar-refractivity contribution >= 4 is 44.2 Å². The first-order valence-corrected chi connectivity index (χ1v) is 12.1. The van der Waals surface area contributed by atoms with Gasteiger partial charge in [-0.15, -0.1) is 9.19 Å². The Hall–Kier alpha value is -4.15. The number of nitrogen functional groups attached to an aromatic ring is 1. The number of carbonyl (C=O) groups excluding carboxylic acids is 1. The molecule has 2 N–H and O–H groups in total. The molecule has 11 heteroatoms. The zero-order valence-corrected chi connectivity index (χ0v) is 19.7. The van der Waals surface area contributed by atoms with Crippen LogP contribution in [0.3, 0.4) is 0 Å². The summed E-state index contributed by atoms with van der Waals surface area (Å²) in [5, 5.41) is 9.84. The summed E-state index contributed by atoms with van der Waals surface area (Å²) in [4.78, 5) is 13.0. The van der Waals surface area contributed by atoms with Gasteiger partial charge in [-0.05, 0) is 35.9 Å². The number of benzene rings is 3. The van der Waals surface area contributed by atoms with Crippen LogP contribution in [0.25, 0.3) is 22.0 Å². The molecule has 0 radical (unpaired) electrons. The molecule has 9 nitrogen and oxygen atoms in total. The van der Waals surface area contributed by atoms with E-state index >= 15 is 0 Å². The van der Waals surface area contributed by atoms with E-state index in [2.05, 4.69) is 10.3 Å². The molecule has 35 heavy (non-hydrogen) atoms. The molecule has 0 aliphatic rings. The lowest BCUT2D eigenvalue weighted by Gasteiger charge is -2.07. The van der Waals surface area contributed by atoms with Gasteiger partial charge in [-0.25, -0.2) is 4.79 Å². The number of aryl methyl sites for hydroxylation is 1. The third-order valence-electron chi connectivity index (χ3n) is 5.32. The van der Waals surface area contributed by atoms with Crippen molar-refractivity contribution in [1.82, 2.24) is 14.3 Å². The molecule has 0 unspecified atom stereocenters. The average molecular weight is 509 g/mol. The van der Waals surface area contributed by atoms with E-state index in [4.69, 9.17) is 26.6 Å². The predicted molar refractivity (Wildman–Crippen MR) is 130 cm³/mol. The SMILES string of the molecule is Cc1onc(-c2ccccc2Cl)c1C(=O)Oc1cc(N)n(S(=O)(=O)c2ccc3ccccc3c2)n1. The second-order valence-corrected chi connectivity index (χ2v) is 9.77. The maximum Gasteiger partial charge on any atom is 0.350 e. The third kappa shape index (κ3) is 4.02. The van der Waals surface area contributed by atoms with Crippen LogP contribution in [-0.4, -0.2) is 28.7 Å². The van der Waals surface area contributed by atoms with Crippen molar-refractivity contribution in [3.8, 4) is 17.1 Å². The summed E-state index contributed by atoms with van der Waals surface area (Å²) in [6.45, 7) is 1.54. The molecule has 2 heterocycles. The third-order valence-corrected chi connectivity index (χ3v) is 7.25. The molecule has 0 spiro atoms. The highest BCUT2D eigenvalue weighted by Gasteiger charge is 2.27. The molecule has 0 saturated carbocycles. The molecule has 0 saturated heterocycles. The first kappa shape index (κ1) is 22.6. The van der Waals surface area contributed by atoms with E-state index in [9.17, 15) is 13.2 Å². The summed E-state index contributed by atoms with van der Waals surface area (Å²) in [6.07, 6.45) is 0. The highest BCUT2D eigenvalue weighted by molar-refractivity contribution is 7.90. The number of anilines is 1. The van der Waals surface area contributed by atoms with Crippen molar-refractivity contribution in [3.05, 3.63) is 89.1 Å². The molecule has 0 aliphatic heterocycles. The zero-order chi connectivity index (χ0) is 24.7. The average Bonchev–Trinajstić information content (AvgIpc) is 3.41. The number of halogens is 1. The molecule has 0 aliphatic carbocycles. The molecular weight excluding hydrogens is 492 g/mol. The summed E-state index contributed by atoms with van der Waals surface area (Å²) in [7, 11) is -4.15. The Labute approximate surface area is 204 Å². The van der Waals surface area contributed by atoms with Gasteiger partial charge in [0.05, 0.1) is 9.92 Å². The number of aromatic nitrogens is 3. The summed E-state index contributed by atoms with van der Waals surface area (Å²) < 4.78 is 37.5. The Bertz CT molecular complexity index is 1710. The molecule has 5 rings (SSSR count). The van der Waals surface area contributed by atoms with Gasteiger partial charge in [-0.2, -0.15) is 8.42 Å². The van der Waals surface area contributed by atoms with Gasteiger partial charge in [0.15, 0.2) is 0 Å². The molecule has 5 aromatic rings. The highest BCUT2D eigenvalue weighted by Crippen LogP contribution is 2.32. The monoisotopic (exact) mass is 508 g/mol. The Morgan fingerprint density at radius 2 is 1.74 bits per heavy atom. The topological polar surface area (TPSA) is 130 Å². The maximum atomic E-state index is 13.2. The Morgan fingerprint density at radius 1 is 1.03 bits per heavy atom. The van der Waals surface area contributed by atoms with Crippen LogP contribution in [0.15, 0.2) is 82.2 Å². The Morgan fingerprint density at radius 3 is 2.51 bits per heavy atom. The minimum Gasteiger partial charge on any atom is -0.402 e. The second-order valence-electron chi connectivity index (χ2n) is 7.60. The van der Waals surface area contributed by atoms with Crippen molar-refractivity contribution < 1.29 is 22.5 Å². The highest BCUT2D eigenvalue weighted by atomic mass is 35.5. The van der Waals surface area contributed by atoms with Crippen molar-refractivity contribution in [1.29, 1.82) is 0 Å². The normalized spacial score (nSPS) is 11.6. The van der Waals surface area contributed by atoms with Gasteiger partial charge in [0.2, 0.25) is 5.88 Å². The lowest BCUT2D eigenvalue weighted by atomic mass is 10.1. The summed E-state index contributed by atoms with van der Waals surface area (Å²) in [5.74, 6) is -1.19. The molecular formula is C24H17ClN4O5S. The van der Waals surface area contributed by atoms with Crippen molar-refractivity contribution in [2.24, 2.45) is 0 Å². The van der Waals surface area contributed by atoms with E-state index < -0.39 is 16.0 Å². The van der Waals surface area contributed by atoms with Gasteiger partial charge in [0.1, 0.15) is 22.8 Å². The molecule has 0 fully saturated rings. The molecule has 0 atom stereocenters. The van der Waals surface area contributed by atoms with Gasteiger partial charge < -0.3 is 15.0 Å². The summed E-state index contributed by atoms with van der Waals surface area (Å²) >= 11 is 6.24. The Kier molecular flexibility index (Phi) is 5.54. The van der Waals surface area contributed by atoms with E-state index in [1.54, 1.807) is 43.3 Å². The lowest BCUT2D eigenvalue weighted by molar-refractivity contribution is 0.0726. The van der Waals surface area contributed by atoms with E-state index in [-0.39, 0.29) is 33.6 Å². The summed E-state index contributed by atoms with van der Waals surface area (Å²) in [6, 6.07) is 20.0. The van der Waals surface area contributed by atoms with Crippen molar-refractivity contribution in [2.45, 2.75) is 11.8 Å². The fraction of sp³-hybridized carbons (Fsp3) is 0.0417. The quantitative estimate of drug-likeness (QED) is 0.338. The first-order valence-electron chi connectivity index (χ1n) is 10.3. The van der Waals surface area contributed by atoms with Crippen LogP contribution in [0.2, 0.25) is 5.02 Å². The first-order chi connectivity index (χ1) is 16.8. The second kappa shape index (κ2) is 8.57. The van der Waals surface area contributed by atoms with E-state index in [0.29, 0.717) is 14.7 Å². The Balaban J connectivity index is 1.47. The fourth-order valence-corrected chi connectivity index (χ4v) is 5.08. The number of nitrogens with two attached hydrogens (primary N) is 1. The molecule has 3 aromatic carbocycles. The van der Waals surface area contributed by atoms with Gasteiger partial charge in [-0.1, -0.05) is 65.3 Å². The van der Waals surface area contributed by atoms with Gasteiger partial charge in [0.25, 0.3) is 10.0 Å². The number of ether oxygens (including phenoxy) is 1. The van der Waals surface area contributed by atoms with Crippen LogP contribution in [0.4, 0.5) is 5.82 Å². The molecule has 176 valence electrons. The predicted octanol–water partition coefficient (Wildman–Crippen LogP) is 4.69. The van der Waals surface area contributed by atoms with Gasteiger partial charge in [-0.3, -0.25) is 0 Å². The maximum absolute atomic E-state index is 13.2. The number of fused-ring (bicyclic) bond motifs is 1. The number of esters is 1. The van der Waals surface area contributed by atoms with E-state index in [1.165, 1.54) is 12.1 Å². The summed E-state index contributed by atoms with van der Waals surface area (Å²) in [5.41, 5.74) is 6.62. The minimum atomic E-state index is -4.15. The smallest absolute Gasteiger partial charge is 0.350 e. The number of rotatable bonds is 5. The van der Waals surface area contributed by atoms with E-state index in [1.807, 2.05) is 18.2 Å². The number of nitrogens with zero attached hydrogens (tertiary/aromatic N) is 3. The van der Waals surface area contributed by atoms with Crippen molar-refractivity contribution in [3.63, 3.8) is 0 Å². The molecule has 0 amide bonds. The van der Waals surface area contributed by atoms with Gasteiger partial charge >= 0.3 is 5.97 Å². The van der Waals surface area contributed by atoms with Gasteiger partial charge in [0, 0.05) is 11.6 Å².